The Labute approximate surface area is 120 Å². The van der Waals surface area contributed by atoms with Crippen molar-refractivity contribution in [3.05, 3.63) is 76.9 Å². The molecule has 0 fully saturated rings. The van der Waals surface area contributed by atoms with Crippen molar-refractivity contribution in [1.82, 2.24) is 0 Å². The first-order valence-corrected chi connectivity index (χ1v) is 6.34. The van der Waals surface area contributed by atoms with Gasteiger partial charge in [-0.2, -0.15) is 13.2 Å². The Hall–Kier alpha value is -2.36. The molecule has 0 N–H and O–H groups in total. The van der Waals surface area contributed by atoms with E-state index < -0.39 is 11.7 Å². The van der Waals surface area contributed by atoms with E-state index in [1.807, 2.05) is 0 Å². The Kier molecular flexibility index (Phi) is 4.26. The third-order valence-electron chi connectivity index (χ3n) is 3.09. The maximum Gasteiger partial charge on any atom is 0.416 e. The van der Waals surface area contributed by atoms with Gasteiger partial charge in [0, 0.05) is 5.56 Å². The van der Waals surface area contributed by atoms with Crippen LogP contribution in [0.5, 0.6) is 0 Å². The van der Waals surface area contributed by atoms with Crippen LogP contribution in [0.15, 0.2) is 54.6 Å². The van der Waals surface area contributed by atoms with E-state index in [9.17, 15) is 18.0 Å². The summed E-state index contributed by atoms with van der Waals surface area (Å²) >= 11 is 0. The van der Waals surface area contributed by atoms with Gasteiger partial charge < -0.3 is 0 Å². The van der Waals surface area contributed by atoms with E-state index in [-0.39, 0.29) is 11.3 Å². The highest BCUT2D eigenvalue weighted by Crippen LogP contribution is 2.32. The Bertz CT molecular complexity index is 684. The highest BCUT2D eigenvalue weighted by molar-refractivity contribution is 6.07. The molecule has 2 aromatic carbocycles. The number of benzene rings is 2. The zero-order valence-corrected chi connectivity index (χ0v) is 11.3. The minimum Gasteiger partial charge on any atom is -0.289 e. The van der Waals surface area contributed by atoms with Crippen molar-refractivity contribution >= 4 is 11.9 Å². The fraction of sp³-hybridized carbons (Fsp3) is 0.118. The molecule has 0 saturated heterocycles. The molecule has 0 spiro atoms. The number of carbonyl (C=O) groups excluding carboxylic acids is 1. The molecule has 0 aromatic heterocycles. The fourth-order valence-electron chi connectivity index (χ4n) is 2.01. The first-order valence-electron chi connectivity index (χ1n) is 6.34. The van der Waals surface area contributed by atoms with E-state index >= 15 is 0 Å². The molecule has 0 atom stereocenters. The molecule has 4 heteroatoms. The summed E-state index contributed by atoms with van der Waals surface area (Å²) in [5.41, 5.74) is 0.500. The predicted octanol–water partition coefficient (Wildman–Crippen LogP) is 4.91. The lowest BCUT2D eigenvalue weighted by molar-refractivity contribution is -0.137. The van der Waals surface area contributed by atoms with Crippen LogP contribution in [-0.4, -0.2) is 5.78 Å². The number of halogens is 3. The molecule has 2 aromatic rings. The number of alkyl halides is 3. The summed E-state index contributed by atoms with van der Waals surface area (Å²) in [6.07, 6.45) is -2.06. The monoisotopic (exact) mass is 290 g/mol. The molecule has 2 rings (SSSR count). The topological polar surface area (TPSA) is 17.1 Å². The number of ketones is 1. The Morgan fingerprint density at radius 1 is 1.00 bits per heavy atom. The van der Waals surface area contributed by atoms with Crippen molar-refractivity contribution in [3.8, 4) is 0 Å². The number of hydrogen-bond acceptors (Lipinski definition) is 1. The van der Waals surface area contributed by atoms with E-state index in [1.54, 1.807) is 31.2 Å². The van der Waals surface area contributed by atoms with Crippen molar-refractivity contribution in [1.29, 1.82) is 0 Å². The van der Waals surface area contributed by atoms with Crippen LogP contribution in [0.25, 0.3) is 6.08 Å². The van der Waals surface area contributed by atoms with Gasteiger partial charge in [0.1, 0.15) is 0 Å². The fourth-order valence-corrected chi connectivity index (χ4v) is 2.01. The largest absolute Gasteiger partial charge is 0.416 e. The van der Waals surface area contributed by atoms with Crippen molar-refractivity contribution in [3.63, 3.8) is 0 Å². The third kappa shape index (κ3) is 3.60. The van der Waals surface area contributed by atoms with Gasteiger partial charge in [-0.05, 0) is 30.2 Å². The first kappa shape index (κ1) is 15.0. The predicted molar refractivity (Wildman–Crippen MR) is 76.0 cm³/mol. The lowest BCUT2D eigenvalue weighted by Gasteiger charge is -2.09. The van der Waals surface area contributed by atoms with Gasteiger partial charge in [0.15, 0.2) is 5.78 Å². The Morgan fingerprint density at radius 3 is 2.29 bits per heavy atom. The molecule has 0 unspecified atom stereocenters. The lowest BCUT2D eigenvalue weighted by atomic mass is 10.0. The minimum absolute atomic E-state index is 0.0214. The Morgan fingerprint density at radius 2 is 1.62 bits per heavy atom. The van der Waals surface area contributed by atoms with E-state index in [1.165, 1.54) is 30.4 Å². The zero-order chi connectivity index (χ0) is 15.5. The van der Waals surface area contributed by atoms with Crippen LogP contribution >= 0.6 is 0 Å². The van der Waals surface area contributed by atoms with Crippen molar-refractivity contribution < 1.29 is 18.0 Å². The van der Waals surface area contributed by atoms with E-state index in [0.717, 1.165) is 11.6 Å². The number of carbonyl (C=O) groups is 1. The molecule has 108 valence electrons. The van der Waals surface area contributed by atoms with Gasteiger partial charge in [0.2, 0.25) is 0 Å². The van der Waals surface area contributed by atoms with Gasteiger partial charge in [-0.15, -0.1) is 0 Å². The second-order valence-corrected chi connectivity index (χ2v) is 4.60. The summed E-state index contributed by atoms with van der Waals surface area (Å²) in [7, 11) is 0. The smallest absolute Gasteiger partial charge is 0.289 e. The third-order valence-corrected chi connectivity index (χ3v) is 3.09. The van der Waals surface area contributed by atoms with Gasteiger partial charge in [-0.3, -0.25) is 4.79 Å². The highest BCUT2D eigenvalue weighted by Gasteiger charge is 2.32. The molecule has 0 heterocycles. The van der Waals surface area contributed by atoms with Crippen LogP contribution in [0.2, 0.25) is 0 Å². The lowest BCUT2D eigenvalue weighted by Crippen LogP contribution is -2.07. The Balaban J connectivity index is 2.31. The van der Waals surface area contributed by atoms with Gasteiger partial charge in [0.05, 0.1) is 5.56 Å². The van der Waals surface area contributed by atoms with Crippen LogP contribution in [0.4, 0.5) is 13.2 Å². The normalized spacial score (nSPS) is 11.8. The van der Waals surface area contributed by atoms with Crippen molar-refractivity contribution in [2.45, 2.75) is 13.1 Å². The van der Waals surface area contributed by atoms with Crippen molar-refractivity contribution in [2.75, 3.05) is 0 Å². The molecule has 0 saturated carbocycles. The van der Waals surface area contributed by atoms with E-state index in [0.29, 0.717) is 5.56 Å². The molecule has 21 heavy (non-hydrogen) atoms. The summed E-state index contributed by atoms with van der Waals surface area (Å²) in [4.78, 5) is 12.0. The number of aryl methyl sites for hydroxylation is 1. The second kappa shape index (κ2) is 5.95. The summed E-state index contributed by atoms with van der Waals surface area (Å²) in [5.74, 6) is -0.315. The first-order chi connectivity index (χ1) is 9.89. The standard InChI is InChI=1S/C17H13F3O/c1-12-6-2-4-8-14(12)16(21)11-10-13-7-3-5-9-15(13)17(18,19)20/h2-11H,1H3. The van der Waals surface area contributed by atoms with Crippen LogP contribution in [0.3, 0.4) is 0 Å². The summed E-state index contributed by atoms with van der Waals surface area (Å²) in [6.45, 7) is 1.78. The molecule has 0 radical (unpaired) electrons. The average molecular weight is 290 g/mol. The SMILES string of the molecule is Cc1ccccc1C(=O)C=Cc1ccccc1C(F)(F)F. The molecule has 0 bridgehead atoms. The maximum atomic E-state index is 12.8. The average Bonchev–Trinajstić information content (AvgIpc) is 2.44. The molecular weight excluding hydrogens is 277 g/mol. The quantitative estimate of drug-likeness (QED) is 0.580. The number of rotatable bonds is 3. The van der Waals surface area contributed by atoms with E-state index in [4.69, 9.17) is 0 Å². The van der Waals surface area contributed by atoms with Crippen LogP contribution in [0, 0.1) is 6.92 Å². The summed E-state index contributed by atoms with van der Waals surface area (Å²) in [6, 6.07) is 12.1. The van der Waals surface area contributed by atoms with Crippen molar-refractivity contribution in [2.24, 2.45) is 0 Å². The van der Waals surface area contributed by atoms with E-state index in [2.05, 4.69) is 0 Å². The summed E-state index contributed by atoms with van der Waals surface area (Å²) in [5, 5.41) is 0. The molecule has 1 nitrogen and oxygen atoms in total. The summed E-state index contributed by atoms with van der Waals surface area (Å²) < 4.78 is 38.5. The minimum atomic E-state index is -4.44. The molecular formula is C17H13F3O. The van der Waals surface area contributed by atoms with Crippen LogP contribution < -0.4 is 0 Å². The molecule has 0 aliphatic heterocycles. The van der Waals surface area contributed by atoms with Gasteiger partial charge in [0.25, 0.3) is 0 Å². The highest BCUT2D eigenvalue weighted by atomic mass is 19.4. The number of hydrogen-bond donors (Lipinski definition) is 0. The zero-order valence-electron chi connectivity index (χ0n) is 11.3. The van der Waals surface area contributed by atoms with Crippen LogP contribution in [0.1, 0.15) is 27.0 Å². The van der Waals surface area contributed by atoms with Crippen LogP contribution in [-0.2, 0) is 6.18 Å². The second-order valence-electron chi connectivity index (χ2n) is 4.60. The molecule has 0 amide bonds. The van der Waals surface area contributed by atoms with Gasteiger partial charge in [-0.25, -0.2) is 0 Å². The van der Waals surface area contributed by atoms with Gasteiger partial charge in [-0.1, -0.05) is 48.5 Å². The maximum absolute atomic E-state index is 12.8. The molecule has 0 aliphatic rings. The van der Waals surface area contributed by atoms with Gasteiger partial charge >= 0.3 is 6.18 Å². The molecule has 0 aliphatic carbocycles. The number of allylic oxidation sites excluding steroid dienone is 1.